The second-order valence-electron chi connectivity index (χ2n) is 5.97. The minimum Gasteiger partial charge on any atom is -0.497 e. The van der Waals surface area contributed by atoms with Gasteiger partial charge in [0.1, 0.15) is 22.8 Å². The molecule has 2 aliphatic heterocycles. The summed E-state index contributed by atoms with van der Waals surface area (Å²) in [5.41, 5.74) is 0.759. The first-order valence-corrected chi connectivity index (χ1v) is 8.29. The Kier molecular flexibility index (Phi) is 4.15. The van der Waals surface area contributed by atoms with Gasteiger partial charge in [0.2, 0.25) is 0 Å². The minimum absolute atomic E-state index is 0.131. The molecule has 0 atom stereocenters. The molecule has 1 aromatic carbocycles. The molecule has 10 nitrogen and oxygen atoms in total. The van der Waals surface area contributed by atoms with Gasteiger partial charge in [-0.05, 0) is 31.2 Å². The monoisotopic (exact) mass is 380 g/mol. The quantitative estimate of drug-likeness (QED) is 0.531. The second-order valence-corrected chi connectivity index (χ2v) is 5.97. The maximum absolute atomic E-state index is 13.0. The molecule has 0 spiro atoms. The van der Waals surface area contributed by atoms with E-state index in [1.807, 2.05) is 0 Å². The predicted octanol–water partition coefficient (Wildman–Crippen LogP) is 1.35. The Morgan fingerprint density at radius 2 is 1.89 bits per heavy atom. The molecule has 10 heteroatoms. The molecule has 2 aliphatic rings. The third-order valence-electron chi connectivity index (χ3n) is 4.21. The fraction of sp³-hybridized carbons (Fsp3) is 0.167. The largest absolute Gasteiger partial charge is 0.497 e. The molecule has 0 amide bonds. The zero-order chi connectivity index (χ0) is 19.8. The van der Waals surface area contributed by atoms with Crippen molar-refractivity contribution in [2.45, 2.75) is 6.92 Å². The Hall–Kier alpha value is -3.95. The summed E-state index contributed by atoms with van der Waals surface area (Å²) in [6.45, 7) is 1.75. The average molecular weight is 380 g/mol. The van der Waals surface area contributed by atoms with Crippen molar-refractivity contribution in [2.24, 2.45) is 0 Å². The molecule has 28 heavy (non-hydrogen) atoms. The Balaban J connectivity index is 1.95. The molecule has 0 saturated carbocycles. The molecule has 0 aliphatic carbocycles. The van der Waals surface area contributed by atoms with Crippen LogP contribution in [0.15, 0.2) is 41.5 Å². The fourth-order valence-electron chi connectivity index (χ4n) is 2.83. The molecule has 0 unspecified atom stereocenters. The van der Waals surface area contributed by atoms with Crippen molar-refractivity contribution in [1.29, 1.82) is 0 Å². The first-order valence-electron chi connectivity index (χ1n) is 8.29. The van der Waals surface area contributed by atoms with Crippen molar-refractivity contribution in [2.75, 3.05) is 14.2 Å². The van der Waals surface area contributed by atoms with Crippen LogP contribution in [0.3, 0.4) is 0 Å². The Bertz CT molecular complexity index is 1190. The number of benzene rings is 1. The van der Waals surface area contributed by atoms with Crippen LogP contribution < -0.4 is 10.3 Å². The van der Waals surface area contributed by atoms with Crippen LogP contribution >= 0.6 is 0 Å². The van der Waals surface area contributed by atoms with E-state index < -0.39 is 5.97 Å². The number of fused-ring (bicyclic) bond motifs is 1. The number of nitrogens with one attached hydrogen (secondary N) is 1. The third kappa shape index (κ3) is 2.80. The highest BCUT2D eigenvalue weighted by Gasteiger charge is 2.25. The molecule has 4 rings (SSSR count). The summed E-state index contributed by atoms with van der Waals surface area (Å²) < 4.78 is 12.7. The van der Waals surface area contributed by atoms with E-state index in [9.17, 15) is 9.59 Å². The molecular weight excluding hydrogens is 364 g/mol. The lowest BCUT2D eigenvalue weighted by molar-refractivity contribution is 0.0600. The number of hydrogen-bond acceptors (Lipinski definition) is 7. The molecular formula is C18H16N6O4. The van der Waals surface area contributed by atoms with Crippen LogP contribution in [0.25, 0.3) is 22.9 Å². The first kappa shape index (κ1) is 17.5. The van der Waals surface area contributed by atoms with Gasteiger partial charge in [-0.1, -0.05) is 0 Å². The van der Waals surface area contributed by atoms with Crippen LogP contribution in [-0.2, 0) is 4.74 Å². The number of aromatic amines is 1. The molecule has 1 aromatic heterocycles. The predicted molar refractivity (Wildman–Crippen MR) is 98.4 cm³/mol. The van der Waals surface area contributed by atoms with Gasteiger partial charge in [-0.15, -0.1) is 5.10 Å². The van der Waals surface area contributed by atoms with Crippen LogP contribution in [0.2, 0.25) is 0 Å². The lowest BCUT2D eigenvalue weighted by atomic mass is 10.1. The van der Waals surface area contributed by atoms with E-state index >= 15 is 0 Å². The van der Waals surface area contributed by atoms with E-state index in [0.717, 1.165) is 0 Å². The van der Waals surface area contributed by atoms with Crippen molar-refractivity contribution >= 4 is 5.97 Å². The van der Waals surface area contributed by atoms with Crippen molar-refractivity contribution in [3.63, 3.8) is 0 Å². The molecule has 2 aromatic rings. The van der Waals surface area contributed by atoms with Crippen molar-refractivity contribution in [3.05, 3.63) is 58.4 Å². The van der Waals surface area contributed by atoms with Gasteiger partial charge in [0.05, 0.1) is 25.5 Å². The van der Waals surface area contributed by atoms with Gasteiger partial charge in [-0.3, -0.25) is 14.5 Å². The number of nitrogens with zero attached hydrogens (tertiary/aromatic N) is 5. The van der Waals surface area contributed by atoms with Gasteiger partial charge < -0.3 is 9.47 Å². The van der Waals surface area contributed by atoms with Crippen molar-refractivity contribution in [1.82, 2.24) is 29.5 Å². The number of hydrogen-bond donors (Lipinski definition) is 1. The summed E-state index contributed by atoms with van der Waals surface area (Å²) in [5, 5.41) is 11.1. The van der Waals surface area contributed by atoms with Crippen molar-refractivity contribution < 1.29 is 14.3 Å². The Morgan fingerprint density at radius 1 is 1.14 bits per heavy atom. The number of carbonyl (C=O) groups is 1. The molecule has 3 heterocycles. The molecule has 0 saturated heterocycles. The first-order chi connectivity index (χ1) is 13.5. The number of ether oxygens (including phenoxy) is 2. The second kappa shape index (κ2) is 6.65. The number of aryl methyl sites for hydroxylation is 1. The number of methoxy groups -OCH3 is 2. The Morgan fingerprint density at radius 3 is 2.50 bits per heavy atom. The van der Waals surface area contributed by atoms with E-state index in [1.54, 1.807) is 44.5 Å². The fourth-order valence-corrected chi connectivity index (χ4v) is 2.83. The number of H-pyrrole nitrogens is 1. The summed E-state index contributed by atoms with van der Waals surface area (Å²) in [4.78, 5) is 29.5. The number of aromatic nitrogens is 6. The molecule has 1 N–H and O–H groups in total. The summed E-state index contributed by atoms with van der Waals surface area (Å²) >= 11 is 0. The zero-order valence-electron chi connectivity index (χ0n) is 15.3. The molecule has 0 radical (unpaired) electrons. The van der Waals surface area contributed by atoms with Gasteiger partial charge in [0.25, 0.3) is 11.5 Å². The third-order valence-corrected chi connectivity index (χ3v) is 4.21. The van der Waals surface area contributed by atoms with E-state index in [0.29, 0.717) is 23.2 Å². The highest BCUT2D eigenvalue weighted by molar-refractivity contribution is 5.96. The smallest absolute Gasteiger partial charge is 0.341 e. The highest BCUT2D eigenvalue weighted by Crippen LogP contribution is 2.24. The number of pyridine rings is 1. The SMILES string of the molecule is COC(=O)c1cn(-c2n[nH]c(C)n2)cc2c(=O)n(-c3ccc(OC)cc3)nc1-2. The van der Waals surface area contributed by atoms with Crippen molar-refractivity contribution in [3.8, 4) is 28.6 Å². The molecule has 0 bridgehead atoms. The summed E-state index contributed by atoms with van der Waals surface area (Å²) in [5.74, 6) is 0.923. The topological polar surface area (TPSA) is 117 Å². The number of rotatable bonds is 4. The lowest BCUT2D eigenvalue weighted by Gasteiger charge is -2.08. The maximum Gasteiger partial charge on any atom is 0.341 e. The summed E-state index contributed by atoms with van der Waals surface area (Å²) in [6.07, 6.45) is 3.03. The van der Waals surface area contributed by atoms with E-state index in [2.05, 4.69) is 20.3 Å². The van der Waals surface area contributed by atoms with Gasteiger partial charge >= 0.3 is 5.97 Å². The Labute approximate surface area is 158 Å². The zero-order valence-corrected chi connectivity index (χ0v) is 15.3. The van der Waals surface area contributed by atoms with E-state index in [4.69, 9.17) is 9.47 Å². The van der Waals surface area contributed by atoms with Crippen LogP contribution in [-0.4, -0.2) is 49.7 Å². The average Bonchev–Trinajstić information content (AvgIpc) is 3.30. The standard InChI is InChI=1S/C18H16N6O4/c1-10-19-18(21-20-10)23-8-13-15(14(9-23)17(26)28-3)22-24(16(13)25)11-4-6-12(27-2)7-5-11/h4-9H,1-3H3,(H,19,20,21). The normalized spacial score (nSPS) is 11.0. The molecule has 142 valence electrons. The maximum atomic E-state index is 13.0. The number of carbonyl (C=O) groups excluding carboxylic acids is 1. The van der Waals surface area contributed by atoms with Gasteiger partial charge in [0, 0.05) is 12.4 Å². The van der Waals surface area contributed by atoms with Crippen LogP contribution in [0.1, 0.15) is 16.2 Å². The van der Waals surface area contributed by atoms with Crippen LogP contribution in [0, 0.1) is 6.92 Å². The van der Waals surface area contributed by atoms with E-state index in [1.165, 1.54) is 22.6 Å². The van der Waals surface area contributed by atoms with Gasteiger partial charge in [0.15, 0.2) is 0 Å². The summed E-state index contributed by atoms with van der Waals surface area (Å²) in [6, 6.07) is 6.85. The molecule has 0 fully saturated rings. The lowest BCUT2D eigenvalue weighted by Crippen LogP contribution is -2.15. The number of esters is 1. The van der Waals surface area contributed by atoms with Crippen LogP contribution in [0.4, 0.5) is 0 Å². The van der Waals surface area contributed by atoms with Gasteiger partial charge in [-0.25, -0.2) is 4.79 Å². The van der Waals surface area contributed by atoms with Gasteiger partial charge in [-0.2, -0.15) is 14.8 Å². The van der Waals surface area contributed by atoms with Crippen LogP contribution in [0.5, 0.6) is 5.75 Å². The highest BCUT2D eigenvalue weighted by atomic mass is 16.5. The minimum atomic E-state index is -0.619. The summed E-state index contributed by atoms with van der Waals surface area (Å²) in [7, 11) is 2.82. The van der Waals surface area contributed by atoms with E-state index in [-0.39, 0.29) is 22.4 Å².